The van der Waals surface area contributed by atoms with Gasteiger partial charge in [-0.15, -0.1) is 13.2 Å². The summed E-state index contributed by atoms with van der Waals surface area (Å²) in [4.78, 5) is 35.4. The highest BCUT2D eigenvalue weighted by Gasteiger charge is 2.38. The van der Waals surface area contributed by atoms with Crippen molar-refractivity contribution in [2.75, 3.05) is 13.1 Å². The lowest BCUT2D eigenvalue weighted by Crippen LogP contribution is -2.49. The van der Waals surface area contributed by atoms with Gasteiger partial charge in [0.25, 0.3) is 11.5 Å². The molecule has 2 aliphatic heterocycles. The lowest BCUT2D eigenvalue weighted by molar-refractivity contribution is -0.274. The first-order valence-electron chi connectivity index (χ1n) is 10.4. The first-order chi connectivity index (χ1) is 15.8. The molecule has 33 heavy (non-hydrogen) atoms. The Morgan fingerprint density at radius 2 is 1.82 bits per heavy atom. The largest absolute Gasteiger partial charge is 0.573 e. The quantitative estimate of drug-likeness (QED) is 0.603. The van der Waals surface area contributed by atoms with Gasteiger partial charge >= 0.3 is 6.36 Å². The Balaban J connectivity index is 1.48. The number of ether oxygens (including phenoxy) is 1. The van der Waals surface area contributed by atoms with Crippen LogP contribution in [0.25, 0.3) is 11.1 Å². The molecule has 0 radical (unpaired) electrons. The zero-order valence-electron chi connectivity index (χ0n) is 17.3. The molecule has 0 aliphatic carbocycles. The number of amides is 1. The van der Waals surface area contributed by atoms with E-state index in [2.05, 4.69) is 14.7 Å². The molecule has 2 atom stereocenters. The predicted octanol–water partition coefficient (Wildman–Crippen LogP) is 3.46. The fourth-order valence-electron chi connectivity index (χ4n) is 4.83. The van der Waals surface area contributed by atoms with Crippen molar-refractivity contribution in [2.24, 2.45) is 5.92 Å². The van der Waals surface area contributed by atoms with E-state index >= 15 is 0 Å². The van der Waals surface area contributed by atoms with E-state index in [1.807, 2.05) is 0 Å². The average molecular weight is 456 g/mol. The van der Waals surface area contributed by atoms with Crippen LogP contribution in [0.1, 0.15) is 28.5 Å². The van der Waals surface area contributed by atoms with Gasteiger partial charge in [-0.25, -0.2) is 4.98 Å². The second-order valence-electron chi connectivity index (χ2n) is 8.25. The maximum Gasteiger partial charge on any atom is 0.573 e. The lowest BCUT2D eigenvalue weighted by atomic mass is 9.80. The van der Waals surface area contributed by atoms with Gasteiger partial charge in [0.05, 0.1) is 6.20 Å². The zero-order valence-corrected chi connectivity index (χ0v) is 17.3. The number of rotatable bonds is 3. The minimum Gasteiger partial charge on any atom is -0.406 e. The van der Waals surface area contributed by atoms with E-state index < -0.39 is 6.36 Å². The summed E-state index contributed by atoms with van der Waals surface area (Å²) in [5.41, 5.74) is 2.35. The maximum atomic E-state index is 13.0. The Labute approximate surface area is 186 Å². The molecule has 1 amide bonds. The molecule has 2 bridgehead atoms. The van der Waals surface area contributed by atoms with E-state index in [4.69, 9.17) is 0 Å². The second-order valence-corrected chi connectivity index (χ2v) is 8.25. The number of alkyl halides is 3. The van der Waals surface area contributed by atoms with Crippen LogP contribution in [0.4, 0.5) is 13.2 Å². The zero-order chi connectivity index (χ0) is 23.2. The summed E-state index contributed by atoms with van der Waals surface area (Å²) >= 11 is 0. The highest BCUT2D eigenvalue weighted by molar-refractivity contribution is 5.92. The van der Waals surface area contributed by atoms with Crippen molar-refractivity contribution >= 4 is 5.91 Å². The second kappa shape index (κ2) is 8.02. The van der Waals surface area contributed by atoms with E-state index in [0.29, 0.717) is 25.2 Å². The smallest absolute Gasteiger partial charge is 0.406 e. The van der Waals surface area contributed by atoms with Crippen LogP contribution in [-0.2, 0) is 6.54 Å². The Bertz CT molecular complexity index is 1240. The molecule has 10 heteroatoms. The predicted molar refractivity (Wildman–Crippen MR) is 112 cm³/mol. The number of carbonyl (C=O) groups excluding carboxylic acids is 1. The van der Waals surface area contributed by atoms with Crippen LogP contribution < -0.4 is 10.3 Å². The Hall–Kier alpha value is -3.69. The fraction of sp³-hybridized carbons (Fsp3) is 0.304. The molecule has 1 aromatic carbocycles. The Morgan fingerprint density at radius 3 is 2.52 bits per heavy atom. The van der Waals surface area contributed by atoms with Crippen molar-refractivity contribution < 1.29 is 22.7 Å². The lowest BCUT2D eigenvalue weighted by Gasteiger charge is -2.43. The van der Waals surface area contributed by atoms with Crippen LogP contribution in [0.15, 0.2) is 59.8 Å². The number of benzene rings is 1. The maximum absolute atomic E-state index is 13.0. The molecule has 0 saturated carbocycles. The number of likely N-dealkylation sites (tertiary alicyclic amines) is 1. The molecule has 0 spiro atoms. The van der Waals surface area contributed by atoms with Gasteiger partial charge in [0.15, 0.2) is 0 Å². The number of hydrogen-bond donors (Lipinski definition) is 0. The van der Waals surface area contributed by atoms with Crippen LogP contribution in [0, 0.1) is 5.92 Å². The molecule has 1 fully saturated rings. The first-order valence-corrected chi connectivity index (χ1v) is 10.4. The molecule has 4 heterocycles. The highest BCUT2D eigenvalue weighted by Crippen LogP contribution is 2.40. The van der Waals surface area contributed by atoms with Crippen molar-refractivity contribution in [1.29, 1.82) is 0 Å². The van der Waals surface area contributed by atoms with Crippen molar-refractivity contribution in [3.8, 4) is 16.9 Å². The molecule has 3 aromatic rings. The molecular formula is C23H19F3N4O3. The standard InChI is InChI=1S/C23H19F3N4O3/c24-23(25,26)33-17-3-1-15(2-4-17)18-5-6-20(31)30-12-14-9-16(21(18)30)13-29(11-14)22(32)19-10-27-7-8-28-19/h1-8,10,14,16H,9,11-13H2. The minimum absolute atomic E-state index is 0.0897. The molecule has 2 aromatic heterocycles. The summed E-state index contributed by atoms with van der Waals surface area (Å²) in [6.07, 6.45) is 0.451. The number of halogens is 3. The molecule has 1 saturated heterocycles. The monoisotopic (exact) mass is 456 g/mol. The van der Waals surface area contributed by atoms with Gasteiger partial charge in [-0.05, 0) is 36.1 Å². The van der Waals surface area contributed by atoms with Gasteiger partial charge in [-0.3, -0.25) is 14.6 Å². The van der Waals surface area contributed by atoms with Gasteiger partial charge in [-0.1, -0.05) is 12.1 Å². The van der Waals surface area contributed by atoms with Gasteiger partial charge in [0.2, 0.25) is 0 Å². The van der Waals surface area contributed by atoms with Crippen LogP contribution in [0.2, 0.25) is 0 Å². The Kier molecular flexibility index (Phi) is 5.15. The number of fused-ring (bicyclic) bond motifs is 4. The number of nitrogens with zero attached hydrogens (tertiary/aromatic N) is 4. The van der Waals surface area contributed by atoms with Crippen LogP contribution in [-0.4, -0.2) is 44.8 Å². The third-order valence-electron chi connectivity index (χ3n) is 6.06. The molecule has 0 N–H and O–H groups in total. The van der Waals surface area contributed by atoms with Gasteiger partial charge in [0.1, 0.15) is 11.4 Å². The third kappa shape index (κ3) is 4.20. The molecule has 5 rings (SSSR count). The molecule has 170 valence electrons. The molecule has 2 aliphatic rings. The summed E-state index contributed by atoms with van der Waals surface area (Å²) in [6.45, 7) is 1.40. The van der Waals surface area contributed by atoms with Gasteiger partial charge in [0, 0.05) is 55.3 Å². The van der Waals surface area contributed by atoms with E-state index in [0.717, 1.165) is 17.7 Å². The van der Waals surface area contributed by atoms with Gasteiger partial charge < -0.3 is 14.2 Å². The summed E-state index contributed by atoms with van der Waals surface area (Å²) in [5.74, 6) is -0.494. The van der Waals surface area contributed by atoms with Crippen LogP contribution in [0.3, 0.4) is 0 Å². The summed E-state index contributed by atoms with van der Waals surface area (Å²) in [6, 6.07) is 8.75. The number of pyridine rings is 1. The molecule has 7 nitrogen and oxygen atoms in total. The van der Waals surface area contributed by atoms with Crippen LogP contribution >= 0.6 is 0 Å². The number of carbonyl (C=O) groups is 1. The number of hydrogen-bond acceptors (Lipinski definition) is 5. The average Bonchev–Trinajstić information content (AvgIpc) is 2.79. The summed E-state index contributed by atoms with van der Waals surface area (Å²) in [7, 11) is 0. The minimum atomic E-state index is -4.77. The van der Waals surface area contributed by atoms with Crippen molar-refractivity contribution in [3.63, 3.8) is 0 Å². The van der Waals surface area contributed by atoms with E-state index in [9.17, 15) is 22.8 Å². The summed E-state index contributed by atoms with van der Waals surface area (Å²) < 4.78 is 43.2. The fourth-order valence-corrected chi connectivity index (χ4v) is 4.83. The first kappa shape index (κ1) is 21.2. The number of aromatic nitrogens is 3. The molecular weight excluding hydrogens is 437 g/mol. The van der Waals surface area contributed by atoms with E-state index in [1.54, 1.807) is 27.7 Å². The SMILES string of the molecule is O=C(c1cnccn1)N1CC2CC(C1)c1c(-c3ccc(OC(F)(F)F)cc3)ccc(=O)n1C2. The van der Waals surface area contributed by atoms with Crippen molar-refractivity contribution in [2.45, 2.75) is 25.2 Å². The molecule has 2 unspecified atom stereocenters. The van der Waals surface area contributed by atoms with E-state index in [-0.39, 0.29) is 34.7 Å². The topological polar surface area (TPSA) is 77.3 Å². The third-order valence-corrected chi connectivity index (χ3v) is 6.06. The highest BCUT2D eigenvalue weighted by atomic mass is 19.4. The van der Waals surface area contributed by atoms with Crippen molar-refractivity contribution in [3.05, 3.63) is 76.7 Å². The van der Waals surface area contributed by atoms with Crippen molar-refractivity contribution in [1.82, 2.24) is 19.4 Å². The van der Waals surface area contributed by atoms with Gasteiger partial charge in [-0.2, -0.15) is 0 Å². The van der Waals surface area contributed by atoms with E-state index in [1.165, 1.54) is 36.8 Å². The Morgan fingerprint density at radius 1 is 1.03 bits per heavy atom. The summed E-state index contributed by atoms with van der Waals surface area (Å²) in [5, 5.41) is 0. The normalized spacial score (nSPS) is 19.7. The van der Waals surface area contributed by atoms with Crippen LogP contribution in [0.5, 0.6) is 5.75 Å². The number of piperidine rings is 1.